The molecule has 20 heavy (non-hydrogen) atoms. The van der Waals surface area contributed by atoms with E-state index in [1.54, 1.807) is 0 Å². The third kappa shape index (κ3) is 5.74. The van der Waals surface area contributed by atoms with Crippen LogP contribution >= 0.6 is 15.9 Å². The molecule has 0 saturated heterocycles. The van der Waals surface area contributed by atoms with Crippen molar-refractivity contribution >= 4 is 27.9 Å². The van der Waals surface area contributed by atoms with Gasteiger partial charge in [-0.05, 0) is 40.5 Å². The normalized spacial score (nSPS) is 10.3. The first kappa shape index (κ1) is 16.7. The zero-order valence-corrected chi connectivity index (χ0v) is 13.1. The van der Waals surface area contributed by atoms with Gasteiger partial charge in [-0.25, -0.2) is 4.79 Å². The van der Waals surface area contributed by atoms with E-state index < -0.39 is 5.97 Å². The van der Waals surface area contributed by atoms with Crippen LogP contribution in [-0.2, 0) is 4.79 Å². The van der Waals surface area contributed by atoms with E-state index in [2.05, 4.69) is 22.9 Å². The van der Waals surface area contributed by atoms with Gasteiger partial charge < -0.3 is 9.84 Å². The number of carbonyl (C=O) groups is 2. The Hall–Kier alpha value is -1.36. The van der Waals surface area contributed by atoms with Gasteiger partial charge in [-0.1, -0.05) is 32.6 Å². The third-order valence-corrected chi connectivity index (χ3v) is 3.51. The van der Waals surface area contributed by atoms with E-state index in [0.29, 0.717) is 16.6 Å². The Balaban J connectivity index is 2.44. The van der Waals surface area contributed by atoms with Crippen LogP contribution in [0.2, 0.25) is 0 Å². The Labute approximate surface area is 127 Å². The van der Waals surface area contributed by atoms with Crippen LogP contribution in [0.4, 0.5) is 0 Å². The maximum absolute atomic E-state index is 11.7. The molecule has 0 aromatic heterocycles. The minimum absolute atomic E-state index is 0.149. The standard InChI is InChI=1S/C15H19BrO4/c1-2-3-4-5-6-7-14(17)20-13-9-8-11(15(18)19)10-12(13)16/h8-10H,2-7H2,1H3,(H,18,19). The van der Waals surface area contributed by atoms with Crippen LogP contribution in [-0.4, -0.2) is 17.0 Å². The Morgan fingerprint density at radius 1 is 1.20 bits per heavy atom. The first-order valence-electron chi connectivity index (χ1n) is 6.78. The molecule has 0 heterocycles. The highest BCUT2D eigenvalue weighted by molar-refractivity contribution is 9.10. The van der Waals surface area contributed by atoms with E-state index in [0.717, 1.165) is 19.3 Å². The zero-order chi connectivity index (χ0) is 15.0. The van der Waals surface area contributed by atoms with Gasteiger partial charge >= 0.3 is 11.9 Å². The second-order valence-electron chi connectivity index (χ2n) is 4.59. The van der Waals surface area contributed by atoms with E-state index in [-0.39, 0.29) is 11.5 Å². The van der Waals surface area contributed by atoms with Crippen LogP contribution in [0.25, 0.3) is 0 Å². The molecular formula is C15H19BrO4. The number of hydrogen-bond donors (Lipinski definition) is 1. The molecule has 1 aromatic rings. The number of benzene rings is 1. The molecule has 0 aliphatic carbocycles. The van der Waals surface area contributed by atoms with Crippen molar-refractivity contribution in [3.63, 3.8) is 0 Å². The first-order chi connectivity index (χ1) is 9.54. The van der Waals surface area contributed by atoms with Crippen LogP contribution < -0.4 is 4.74 Å². The average Bonchev–Trinajstić information content (AvgIpc) is 2.40. The third-order valence-electron chi connectivity index (χ3n) is 2.89. The summed E-state index contributed by atoms with van der Waals surface area (Å²) in [5.74, 6) is -0.946. The molecule has 0 spiro atoms. The summed E-state index contributed by atoms with van der Waals surface area (Å²) in [6.07, 6.45) is 5.74. The lowest BCUT2D eigenvalue weighted by Gasteiger charge is -2.07. The number of ether oxygens (including phenoxy) is 1. The molecule has 0 radical (unpaired) electrons. The van der Waals surface area contributed by atoms with Crippen molar-refractivity contribution < 1.29 is 19.4 Å². The maximum Gasteiger partial charge on any atom is 0.335 e. The molecule has 5 heteroatoms. The van der Waals surface area contributed by atoms with Crippen molar-refractivity contribution in [2.45, 2.75) is 45.4 Å². The fourth-order valence-electron chi connectivity index (χ4n) is 1.76. The average molecular weight is 343 g/mol. The molecule has 1 aromatic carbocycles. The second kappa shape index (κ2) is 8.74. The summed E-state index contributed by atoms with van der Waals surface area (Å²) in [7, 11) is 0. The zero-order valence-electron chi connectivity index (χ0n) is 11.5. The summed E-state index contributed by atoms with van der Waals surface area (Å²) >= 11 is 3.21. The Morgan fingerprint density at radius 2 is 1.90 bits per heavy atom. The van der Waals surface area contributed by atoms with Crippen molar-refractivity contribution in [2.24, 2.45) is 0 Å². The number of aromatic carboxylic acids is 1. The topological polar surface area (TPSA) is 63.6 Å². The van der Waals surface area contributed by atoms with Crippen LogP contribution in [0.5, 0.6) is 5.75 Å². The number of carboxylic acids is 1. The Bertz CT molecular complexity index is 471. The molecule has 0 bridgehead atoms. The van der Waals surface area contributed by atoms with Gasteiger partial charge in [0, 0.05) is 6.42 Å². The summed E-state index contributed by atoms with van der Waals surface area (Å²) < 4.78 is 5.68. The molecule has 0 aliphatic heterocycles. The van der Waals surface area contributed by atoms with E-state index in [4.69, 9.17) is 9.84 Å². The van der Waals surface area contributed by atoms with Gasteiger partial charge in [0.15, 0.2) is 0 Å². The van der Waals surface area contributed by atoms with E-state index in [9.17, 15) is 9.59 Å². The number of rotatable bonds is 8. The number of hydrogen-bond acceptors (Lipinski definition) is 3. The highest BCUT2D eigenvalue weighted by Crippen LogP contribution is 2.26. The molecule has 0 atom stereocenters. The van der Waals surface area contributed by atoms with Crippen LogP contribution in [0.1, 0.15) is 55.8 Å². The molecule has 0 fully saturated rings. The molecule has 1 N–H and O–H groups in total. The van der Waals surface area contributed by atoms with Crippen LogP contribution in [0.15, 0.2) is 22.7 Å². The van der Waals surface area contributed by atoms with E-state index >= 15 is 0 Å². The maximum atomic E-state index is 11.7. The monoisotopic (exact) mass is 342 g/mol. The van der Waals surface area contributed by atoms with Crippen LogP contribution in [0, 0.1) is 0 Å². The highest BCUT2D eigenvalue weighted by Gasteiger charge is 2.11. The largest absolute Gasteiger partial charge is 0.478 e. The van der Waals surface area contributed by atoms with Crippen LogP contribution in [0.3, 0.4) is 0 Å². The number of unbranched alkanes of at least 4 members (excludes halogenated alkanes) is 4. The quantitative estimate of drug-likeness (QED) is 0.431. The van der Waals surface area contributed by atoms with Gasteiger partial charge in [0.05, 0.1) is 10.0 Å². The molecule has 110 valence electrons. The first-order valence-corrected chi connectivity index (χ1v) is 7.57. The summed E-state index contributed by atoms with van der Waals surface area (Å²) in [6.45, 7) is 2.15. The lowest BCUT2D eigenvalue weighted by molar-refractivity contribution is -0.134. The molecule has 0 aliphatic rings. The fraction of sp³-hybridized carbons (Fsp3) is 0.467. The van der Waals surface area contributed by atoms with Crippen molar-refractivity contribution in [1.29, 1.82) is 0 Å². The van der Waals surface area contributed by atoms with Crippen molar-refractivity contribution in [3.8, 4) is 5.75 Å². The number of carboxylic acid groups (broad SMARTS) is 1. The van der Waals surface area contributed by atoms with Gasteiger partial charge in [0.1, 0.15) is 5.75 Å². The number of esters is 1. The molecule has 0 unspecified atom stereocenters. The molecule has 0 amide bonds. The smallest absolute Gasteiger partial charge is 0.335 e. The lowest BCUT2D eigenvalue weighted by atomic mass is 10.1. The number of carbonyl (C=O) groups excluding carboxylic acids is 1. The summed E-state index contributed by atoms with van der Waals surface area (Å²) in [6, 6.07) is 4.33. The van der Waals surface area contributed by atoms with Gasteiger partial charge in [0.2, 0.25) is 0 Å². The highest BCUT2D eigenvalue weighted by atomic mass is 79.9. The number of halogens is 1. The Kier molecular flexibility index (Phi) is 7.30. The fourth-order valence-corrected chi connectivity index (χ4v) is 2.22. The van der Waals surface area contributed by atoms with E-state index in [1.807, 2.05) is 0 Å². The summed E-state index contributed by atoms with van der Waals surface area (Å²) in [4.78, 5) is 22.4. The molecule has 1 rings (SSSR count). The van der Waals surface area contributed by atoms with Gasteiger partial charge in [-0.15, -0.1) is 0 Å². The summed E-state index contributed by atoms with van der Waals surface area (Å²) in [5.41, 5.74) is 0.149. The van der Waals surface area contributed by atoms with Gasteiger partial charge in [-0.3, -0.25) is 4.79 Å². The molecular weight excluding hydrogens is 324 g/mol. The lowest BCUT2D eigenvalue weighted by Crippen LogP contribution is -2.08. The predicted molar refractivity (Wildman–Crippen MR) is 80.1 cm³/mol. The van der Waals surface area contributed by atoms with Gasteiger partial charge in [-0.2, -0.15) is 0 Å². The minimum Gasteiger partial charge on any atom is -0.478 e. The predicted octanol–water partition coefficient (Wildman–Crippen LogP) is 4.41. The van der Waals surface area contributed by atoms with Crippen molar-refractivity contribution in [2.75, 3.05) is 0 Å². The summed E-state index contributed by atoms with van der Waals surface area (Å²) in [5, 5.41) is 8.84. The SMILES string of the molecule is CCCCCCCC(=O)Oc1ccc(C(=O)O)cc1Br. The molecule has 0 saturated carbocycles. The minimum atomic E-state index is -1.01. The Morgan fingerprint density at radius 3 is 2.50 bits per heavy atom. The van der Waals surface area contributed by atoms with Gasteiger partial charge in [0.25, 0.3) is 0 Å². The van der Waals surface area contributed by atoms with Crippen molar-refractivity contribution in [3.05, 3.63) is 28.2 Å². The van der Waals surface area contributed by atoms with Crippen molar-refractivity contribution in [1.82, 2.24) is 0 Å². The van der Waals surface area contributed by atoms with E-state index in [1.165, 1.54) is 31.0 Å². The molecule has 4 nitrogen and oxygen atoms in total. The second-order valence-corrected chi connectivity index (χ2v) is 5.44.